The Morgan fingerprint density at radius 2 is 2.14 bits per heavy atom. The standard InChI is InChI=1S/C15H23N3O3/c1-10-16-12(9-21-10)15(20)17-11-5-4-6-13(14(11)19)18-7-2-3-8-18/h9,11,13-14,19H,2-8H2,1H3,(H,17,20)/t11-,13-,14-/m1/s1. The van der Waals surface area contributed by atoms with Crippen molar-refractivity contribution in [2.75, 3.05) is 13.1 Å². The summed E-state index contributed by atoms with van der Waals surface area (Å²) in [6, 6.07) is -0.0283. The Kier molecular flexibility index (Phi) is 4.26. The average Bonchev–Trinajstić information content (AvgIpc) is 3.12. The Morgan fingerprint density at radius 3 is 2.81 bits per heavy atom. The van der Waals surface area contributed by atoms with Crippen LogP contribution in [0.3, 0.4) is 0 Å². The van der Waals surface area contributed by atoms with Gasteiger partial charge in [0.05, 0.1) is 12.1 Å². The fourth-order valence-electron chi connectivity index (χ4n) is 3.50. The molecule has 1 aliphatic heterocycles. The summed E-state index contributed by atoms with van der Waals surface area (Å²) in [7, 11) is 0. The summed E-state index contributed by atoms with van der Waals surface area (Å²) in [5, 5.41) is 13.5. The number of likely N-dealkylation sites (tertiary alicyclic amines) is 1. The second-order valence-corrected chi connectivity index (χ2v) is 6.06. The van der Waals surface area contributed by atoms with E-state index in [-0.39, 0.29) is 23.7 Å². The minimum absolute atomic E-state index is 0.172. The molecule has 6 nitrogen and oxygen atoms in total. The molecule has 0 bridgehead atoms. The molecule has 2 N–H and O–H groups in total. The molecule has 1 amide bonds. The zero-order valence-corrected chi connectivity index (χ0v) is 12.4. The topological polar surface area (TPSA) is 78.6 Å². The van der Waals surface area contributed by atoms with Crippen molar-refractivity contribution in [2.45, 2.75) is 57.2 Å². The summed E-state index contributed by atoms with van der Waals surface area (Å²) in [6.07, 6.45) is 6.12. The molecule has 1 aromatic rings. The molecule has 6 heteroatoms. The molecule has 116 valence electrons. The van der Waals surface area contributed by atoms with Gasteiger partial charge in [0.25, 0.3) is 5.91 Å². The molecule has 0 aromatic carbocycles. The lowest BCUT2D eigenvalue weighted by Gasteiger charge is -2.39. The predicted molar refractivity (Wildman–Crippen MR) is 76.9 cm³/mol. The molecule has 2 fully saturated rings. The highest BCUT2D eigenvalue weighted by atomic mass is 16.3. The fourth-order valence-corrected chi connectivity index (χ4v) is 3.50. The molecule has 3 atom stereocenters. The van der Waals surface area contributed by atoms with Crippen molar-refractivity contribution in [2.24, 2.45) is 0 Å². The smallest absolute Gasteiger partial charge is 0.273 e. The average molecular weight is 293 g/mol. The van der Waals surface area contributed by atoms with E-state index >= 15 is 0 Å². The Balaban J connectivity index is 1.63. The van der Waals surface area contributed by atoms with Crippen LogP contribution < -0.4 is 5.32 Å². The molecule has 1 saturated heterocycles. The molecule has 21 heavy (non-hydrogen) atoms. The largest absolute Gasteiger partial charge is 0.448 e. The predicted octanol–water partition coefficient (Wildman–Crippen LogP) is 1.09. The van der Waals surface area contributed by atoms with Crippen molar-refractivity contribution < 1.29 is 14.3 Å². The molecule has 0 spiro atoms. The first kappa shape index (κ1) is 14.5. The van der Waals surface area contributed by atoms with Gasteiger partial charge in [-0.3, -0.25) is 9.69 Å². The maximum atomic E-state index is 12.1. The summed E-state index contributed by atoms with van der Waals surface area (Å²) >= 11 is 0. The van der Waals surface area contributed by atoms with Crippen LogP contribution >= 0.6 is 0 Å². The Labute approximate surface area is 124 Å². The lowest BCUT2D eigenvalue weighted by molar-refractivity contribution is 0.00697. The van der Waals surface area contributed by atoms with Crippen molar-refractivity contribution in [1.82, 2.24) is 15.2 Å². The number of aryl methyl sites for hydroxylation is 1. The first-order valence-corrected chi connectivity index (χ1v) is 7.80. The van der Waals surface area contributed by atoms with E-state index in [2.05, 4.69) is 15.2 Å². The van der Waals surface area contributed by atoms with Crippen molar-refractivity contribution in [1.29, 1.82) is 0 Å². The van der Waals surface area contributed by atoms with Gasteiger partial charge < -0.3 is 14.8 Å². The number of nitrogens with one attached hydrogen (secondary N) is 1. The molecule has 1 aromatic heterocycles. The number of carbonyl (C=O) groups is 1. The number of hydrogen-bond acceptors (Lipinski definition) is 5. The molecule has 0 radical (unpaired) electrons. The number of carbonyl (C=O) groups excluding carboxylic acids is 1. The van der Waals surface area contributed by atoms with E-state index in [1.54, 1.807) is 6.92 Å². The maximum absolute atomic E-state index is 12.1. The number of aliphatic hydroxyl groups is 1. The van der Waals surface area contributed by atoms with Gasteiger partial charge in [0.2, 0.25) is 0 Å². The molecule has 1 aliphatic carbocycles. The van der Waals surface area contributed by atoms with Crippen molar-refractivity contribution in [3.05, 3.63) is 17.8 Å². The van der Waals surface area contributed by atoms with Gasteiger partial charge in [-0.05, 0) is 45.2 Å². The zero-order chi connectivity index (χ0) is 14.8. The van der Waals surface area contributed by atoms with E-state index in [4.69, 9.17) is 4.42 Å². The van der Waals surface area contributed by atoms with Gasteiger partial charge in [-0.25, -0.2) is 4.98 Å². The summed E-state index contributed by atoms with van der Waals surface area (Å²) in [5.41, 5.74) is 0.281. The summed E-state index contributed by atoms with van der Waals surface area (Å²) in [4.78, 5) is 18.5. The molecular weight excluding hydrogens is 270 g/mol. The minimum atomic E-state index is -0.506. The van der Waals surface area contributed by atoms with Gasteiger partial charge in [-0.1, -0.05) is 0 Å². The van der Waals surface area contributed by atoms with Crippen LogP contribution in [0.1, 0.15) is 48.5 Å². The van der Waals surface area contributed by atoms with Gasteiger partial charge in [-0.2, -0.15) is 0 Å². The summed E-state index contributed by atoms with van der Waals surface area (Å²) in [6.45, 7) is 3.82. The second-order valence-electron chi connectivity index (χ2n) is 6.06. The highest BCUT2D eigenvalue weighted by Gasteiger charge is 2.37. The zero-order valence-electron chi connectivity index (χ0n) is 12.4. The Bertz CT molecular complexity index is 496. The molecule has 0 unspecified atom stereocenters. The van der Waals surface area contributed by atoms with Crippen LogP contribution in [0, 0.1) is 6.92 Å². The van der Waals surface area contributed by atoms with E-state index in [1.807, 2.05) is 0 Å². The van der Waals surface area contributed by atoms with Gasteiger partial charge in [-0.15, -0.1) is 0 Å². The van der Waals surface area contributed by atoms with Gasteiger partial charge in [0.15, 0.2) is 11.6 Å². The molecular formula is C15H23N3O3. The lowest BCUT2D eigenvalue weighted by atomic mass is 9.87. The number of aliphatic hydroxyl groups excluding tert-OH is 1. The number of aromatic nitrogens is 1. The van der Waals surface area contributed by atoms with Gasteiger partial charge in [0, 0.05) is 13.0 Å². The van der Waals surface area contributed by atoms with Crippen molar-refractivity contribution in [3.63, 3.8) is 0 Å². The third-order valence-corrected chi connectivity index (χ3v) is 4.60. The number of rotatable bonds is 3. The normalized spacial score (nSPS) is 30.5. The van der Waals surface area contributed by atoms with Gasteiger partial charge >= 0.3 is 0 Å². The number of oxazole rings is 1. The third kappa shape index (κ3) is 3.11. The van der Waals surface area contributed by atoms with E-state index in [0.717, 1.165) is 32.4 Å². The van der Waals surface area contributed by atoms with E-state index < -0.39 is 6.10 Å². The van der Waals surface area contributed by atoms with Crippen LogP contribution in [0.4, 0.5) is 0 Å². The highest BCUT2D eigenvalue weighted by Crippen LogP contribution is 2.26. The van der Waals surface area contributed by atoms with Gasteiger partial charge in [0.1, 0.15) is 6.26 Å². The van der Waals surface area contributed by atoms with E-state index in [0.29, 0.717) is 5.89 Å². The van der Waals surface area contributed by atoms with Crippen LogP contribution in [0.15, 0.2) is 10.7 Å². The first-order chi connectivity index (χ1) is 10.1. The second kappa shape index (κ2) is 6.15. The monoisotopic (exact) mass is 293 g/mol. The molecule has 1 saturated carbocycles. The Morgan fingerprint density at radius 1 is 1.38 bits per heavy atom. The minimum Gasteiger partial charge on any atom is -0.448 e. The SMILES string of the molecule is Cc1nc(C(=O)N[C@@H]2CCC[C@@H](N3CCCC3)[C@@H]2O)co1. The quantitative estimate of drug-likeness (QED) is 0.872. The van der Waals surface area contributed by atoms with Crippen molar-refractivity contribution in [3.8, 4) is 0 Å². The van der Waals surface area contributed by atoms with Crippen LogP contribution in [0.5, 0.6) is 0 Å². The highest BCUT2D eigenvalue weighted by molar-refractivity contribution is 5.92. The maximum Gasteiger partial charge on any atom is 0.273 e. The van der Waals surface area contributed by atoms with Crippen LogP contribution in [-0.4, -0.2) is 52.2 Å². The number of nitrogens with zero attached hydrogens (tertiary/aromatic N) is 2. The fraction of sp³-hybridized carbons (Fsp3) is 0.733. The van der Waals surface area contributed by atoms with Crippen LogP contribution in [0.2, 0.25) is 0 Å². The summed E-state index contributed by atoms with van der Waals surface area (Å²) in [5.74, 6) is 0.206. The molecule has 3 rings (SSSR count). The third-order valence-electron chi connectivity index (χ3n) is 4.60. The first-order valence-electron chi connectivity index (χ1n) is 7.80. The van der Waals surface area contributed by atoms with Crippen molar-refractivity contribution >= 4 is 5.91 Å². The lowest BCUT2D eigenvalue weighted by Crippen LogP contribution is -2.56. The van der Waals surface area contributed by atoms with Crippen LogP contribution in [0.25, 0.3) is 0 Å². The molecule has 2 heterocycles. The number of amides is 1. The molecule has 2 aliphatic rings. The number of hydrogen-bond donors (Lipinski definition) is 2. The Hall–Kier alpha value is -1.40. The van der Waals surface area contributed by atoms with E-state index in [1.165, 1.54) is 19.1 Å². The van der Waals surface area contributed by atoms with E-state index in [9.17, 15) is 9.90 Å². The van der Waals surface area contributed by atoms with Crippen LogP contribution in [-0.2, 0) is 0 Å². The summed E-state index contributed by atoms with van der Waals surface area (Å²) < 4.78 is 5.06.